The summed E-state index contributed by atoms with van der Waals surface area (Å²) < 4.78 is 30.8. The molecule has 1 amide bonds. The van der Waals surface area contributed by atoms with Crippen LogP contribution >= 0.6 is 11.9 Å². The van der Waals surface area contributed by atoms with E-state index in [1.54, 1.807) is 13.8 Å². The fourth-order valence-electron chi connectivity index (χ4n) is 4.42. The lowest BCUT2D eigenvalue weighted by molar-refractivity contribution is -0.127. The second-order valence-electron chi connectivity index (χ2n) is 9.44. The van der Waals surface area contributed by atoms with E-state index >= 15 is 0 Å². The Labute approximate surface area is 185 Å². The molecule has 1 fully saturated rings. The van der Waals surface area contributed by atoms with Gasteiger partial charge in [0.15, 0.2) is 0 Å². The molecule has 3 nitrogen and oxygen atoms in total. The van der Waals surface area contributed by atoms with Crippen molar-refractivity contribution in [2.24, 2.45) is 17.8 Å². The molecular formula is C24H38F2N2OS. The van der Waals surface area contributed by atoms with E-state index in [4.69, 9.17) is 0 Å². The highest BCUT2D eigenvalue weighted by Crippen LogP contribution is 2.35. The predicted molar refractivity (Wildman–Crippen MR) is 121 cm³/mol. The van der Waals surface area contributed by atoms with Gasteiger partial charge in [0.2, 0.25) is 5.91 Å². The molecule has 0 saturated heterocycles. The summed E-state index contributed by atoms with van der Waals surface area (Å²) in [4.78, 5) is 13.0. The maximum Gasteiger partial charge on any atom is 0.240 e. The molecule has 0 aromatic heterocycles. The van der Waals surface area contributed by atoms with Crippen LogP contribution in [0.3, 0.4) is 0 Å². The van der Waals surface area contributed by atoms with Crippen LogP contribution in [0.2, 0.25) is 0 Å². The smallest absolute Gasteiger partial charge is 0.240 e. The molecule has 2 rings (SSSR count). The van der Waals surface area contributed by atoms with Gasteiger partial charge in [0.1, 0.15) is 17.2 Å². The zero-order valence-corrected chi connectivity index (χ0v) is 19.9. The fourth-order valence-corrected chi connectivity index (χ4v) is 5.20. The SMILES string of the molecule is CCCC(NC(=O)C(C)(C)NSc1c(F)cccc1F)C1CCC(C)CC(CC)C1. The number of benzene rings is 1. The van der Waals surface area contributed by atoms with Gasteiger partial charge in [0.05, 0.1) is 4.90 Å². The Balaban J connectivity index is 2.05. The van der Waals surface area contributed by atoms with Crippen molar-refractivity contribution in [2.45, 2.75) is 96.0 Å². The highest BCUT2D eigenvalue weighted by molar-refractivity contribution is 7.97. The first-order valence-corrected chi connectivity index (χ1v) is 12.2. The molecule has 1 aliphatic rings. The largest absolute Gasteiger partial charge is 0.351 e. The fraction of sp³-hybridized carbons (Fsp3) is 0.708. The van der Waals surface area contributed by atoms with Gasteiger partial charge in [-0.3, -0.25) is 4.79 Å². The molecule has 1 aromatic rings. The number of amides is 1. The van der Waals surface area contributed by atoms with Crippen molar-refractivity contribution < 1.29 is 13.6 Å². The van der Waals surface area contributed by atoms with Gasteiger partial charge in [-0.05, 0) is 81.4 Å². The van der Waals surface area contributed by atoms with Gasteiger partial charge in [-0.15, -0.1) is 0 Å². The first kappa shape index (κ1) is 25.1. The van der Waals surface area contributed by atoms with E-state index in [0.29, 0.717) is 5.92 Å². The summed E-state index contributed by atoms with van der Waals surface area (Å²) in [5.74, 6) is 0.542. The van der Waals surface area contributed by atoms with Gasteiger partial charge in [-0.25, -0.2) is 13.5 Å². The number of nitrogens with one attached hydrogen (secondary N) is 2. The Kier molecular flexibility index (Phi) is 9.61. The summed E-state index contributed by atoms with van der Waals surface area (Å²) in [6.45, 7) is 10.3. The normalized spacial score (nSPS) is 23.6. The maximum atomic E-state index is 13.9. The van der Waals surface area contributed by atoms with E-state index < -0.39 is 17.2 Å². The molecular weight excluding hydrogens is 402 g/mol. The molecule has 1 saturated carbocycles. The van der Waals surface area contributed by atoms with E-state index in [1.165, 1.54) is 37.5 Å². The molecule has 0 radical (unpaired) electrons. The minimum Gasteiger partial charge on any atom is -0.351 e. The topological polar surface area (TPSA) is 41.1 Å². The summed E-state index contributed by atoms with van der Waals surface area (Å²) in [6.07, 6.45) is 7.94. The minimum absolute atomic E-state index is 0.118. The van der Waals surface area contributed by atoms with Crippen LogP contribution in [0.15, 0.2) is 23.1 Å². The highest BCUT2D eigenvalue weighted by Gasteiger charge is 2.34. The molecule has 170 valence electrons. The van der Waals surface area contributed by atoms with Crippen molar-refractivity contribution in [1.82, 2.24) is 10.0 Å². The number of rotatable bonds is 9. The Morgan fingerprint density at radius 3 is 2.47 bits per heavy atom. The maximum absolute atomic E-state index is 13.9. The monoisotopic (exact) mass is 440 g/mol. The summed E-state index contributed by atoms with van der Waals surface area (Å²) >= 11 is 0.832. The Morgan fingerprint density at radius 2 is 1.87 bits per heavy atom. The van der Waals surface area contributed by atoms with Crippen molar-refractivity contribution in [3.63, 3.8) is 0 Å². The number of hydrogen-bond donors (Lipinski definition) is 2. The summed E-state index contributed by atoms with van der Waals surface area (Å²) in [6, 6.07) is 3.90. The first-order chi connectivity index (χ1) is 14.2. The molecule has 4 atom stereocenters. The molecule has 0 heterocycles. The van der Waals surface area contributed by atoms with Gasteiger partial charge < -0.3 is 5.32 Å². The van der Waals surface area contributed by atoms with Crippen LogP contribution < -0.4 is 10.0 Å². The second-order valence-corrected chi connectivity index (χ2v) is 10.3. The third kappa shape index (κ3) is 6.94. The lowest BCUT2D eigenvalue weighted by atomic mass is 9.84. The van der Waals surface area contributed by atoms with Crippen LogP contribution in [-0.4, -0.2) is 17.5 Å². The van der Waals surface area contributed by atoms with Crippen molar-refractivity contribution in [3.8, 4) is 0 Å². The van der Waals surface area contributed by atoms with E-state index in [2.05, 4.69) is 30.8 Å². The van der Waals surface area contributed by atoms with Crippen LogP contribution in [0.1, 0.15) is 79.6 Å². The van der Waals surface area contributed by atoms with Gasteiger partial charge in [-0.2, -0.15) is 0 Å². The van der Waals surface area contributed by atoms with Crippen LogP contribution in [0, 0.1) is 29.4 Å². The van der Waals surface area contributed by atoms with E-state index in [1.807, 2.05) is 0 Å². The lowest BCUT2D eigenvalue weighted by Gasteiger charge is -2.33. The van der Waals surface area contributed by atoms with E-state index in [9.17, 15) is 13.6 Å². The van der Waals surface area contributed by atoms with Crippen molar-refractivity contribution in [2.75, 3.05) is 0 Å². The molecule has 2 N–H and O–H groups in total. The zero-order valence-electron chi connectivity index (χ0n) is 19.1. The van der Waals surface area contributed by atoms with E-state index in [-0.39, 0.29) is 16.8 Å². The van der Waals surface area contributed by atoms with E-state index in [0.717, 1.165) is 49.5 Å². The van der Waals surface area contributed by atoms with Gasteiger partial charge >= 0.3 is 0 Å². The molecule has 6 heteroatoms. The number of carbonyl (C=O) groups excluding carboxylic acids is 1. The standard InChI is InChI=1S/C24H38F2N2OS/c1-6-9-21(18-13-12-16(3)14-17(7-2)15-18)27-23(29)24(4,5)28-30-22-19(25)10-8-11-20(22)26/h8,10-11,16-18,21,28H,6-7,9,12-15H2,1-5H3,(H,27,29). The minimum atomic E-state index is -0.965. The van der Waals surface area contributed by atoms with Crippen LogP contribution in [0.25, 0.3) is 0 Å². The van der Waals surface area contributed by atoms with Crippen LogP contribution in [0.5, 0.6) is 0 Å². The predicted octanol–water partition coefficient (Wildman–Crippen LogP) is 6.48. The summed E-state index contributed by atoms with van der Waals surface area (Å²) in [5.41, 5.74) is -0.965. The number of carbonyl (C=O) groups is 1. The highest BCUT2D eigenvalue weighted by atomic mass is 32.2. The summed E-state index contributed by atoms with van der Waals surface area (Å²) in [5, 5.41) is 3.28. The van der Waals surface area contributed by atoms with Crippen molar-refractivity contribution >= 4 is 17.9 Å². The summed E-state index contributed by atoms with van der Waals surface area (Å²) in [7, 11) is 0. The zero-order chi connectivity index (χ0) is 22.3. The van der Waals surface area contributed by atoms with Gasteiger partial charge in [0, 0.05) is 6.04 Å². The molecule has 30 heavy (non-hydrogen) atoms. The average molecular weight is 441 g/mol. The third-order valence-electron chi connectivity index (χ3n) is 6.36. The Bertz CT molecular complexity index is 678. The molecule has 1 aliphatic carbocycles. The lowest BCUT2D eigenvalue weighted by Crippen LogP contribution is -2.54. The van der Waals surface area contributed by atoms with Crippen LogP contribution in [0.4, 0.5) is 8.78 Å². The van der Waals surface area contributed by atoms with Crippen LogP contribution in [-0.2, 0) is 4.79 Å². The van der Waals surface area contributed by atoms with Crippen molar-refractivity contribution in [3.05, 3.63) is 29.8 Å². The van der Waals surface area contributed by atoms with Gasteiger partial charge in [-0.1, -0.05) is 46.1 Å². The van der Waals surface area contributed by atoms with Crippen molar-refractivity contribution in [1.29, 1.82) is 0 Å². The molecule has 0 bridgehead atoms. The third-order valence-corrected chi connectivity index (χ3v) is 7.57. The molecule has 0 aliphatic heterocycles. The Morgan fingerprint density at radius 1 is 1.20 bits per heavy atom. The average Bonchev–Trinajstić information content (AvgIpc) is 2.88. The quantitative estimate of drug-likeness (QED) is 0.341. The second kappa shape index (κ2) is 11.5. The molecule has 0 spiro atoms. The molecule has 4 unspecified atom stereocenters. The Hall–Kier alpha value is -1.14. The van der Waals surface area contributed by atoms with Gasteiger partial charge in [0.25, 0.3) is 0 Å². The molecule has 1 aromatic carbocycles. The number of halogens is 2. The number of hydrogen-bond acceptors (Lipinski definition) is 3. The first-order valence-electron chi connectivity index (χ1n) is 11.4.